The Bertz CT molecular complexity index is 776. The summed E-state index contributed by atoms with van der Waals surface area (Å²) in [7, 11) is 1.62. The Kier molecular flexibility index (Phi) is 4.11. The minimum atomic E-state index is -0.0293. The molecule has 0 fully saturated rings. The van der Waals surface area contributed by atoms with Gasteiger partial charge in [0.05, 0.1) is 7.11 Å². The molecule has 0 radical (unpaired) electrons. The molecule has 0 N–H and O–H groups in total. The summed E-state index contributed by atoms with van der Waals surface area (Å²) < 4.78 is 5.19. The van der Waals surface area contributed by atoms with Crippen molar-refractivity contribution in [3.8, 4) is 5.75 Å². The van der Waals surface area contributed by atoms with Gasteiger partial charge in [0.1, 0.15) is 16.5 Å². The van der Waals surface area contributed by atoms with Crippen LogP contribution in [0, 0.1) is 6.92 Å². The maximum atomic E-state index is 12.1. The summed E-state index contributed by atoms with van der Waals surface area (Å²) in [5, 5.41) is 0.720. The molecular formula is C18H15NO2S. The van der Waals surface area contributed by atoms with Gasteiger partial charge in [-0.3, -0.25) is 4.79 Å². The molecule has 3 rings (SSSR count). The number of thioether (sulfide) groups is 1. The van der Waals surface area contributed by atoms with E-state index in [1.165, 1.54) is 17.3 Å². The fourth-order valence-corrected chi connectivity index (χ4v) is 2.90. The van der Waals surface area contributed by atoms with E-state index in [2.05, 4.69) is 4.99 Å². The number of hydrogen-bond donors (Lipinski definition) is 0. The van der Waals surface area contributed by atoms with Gasteiger partial charge < -0.3 is 4.74 Å². The van der Waals surface area contributed by atoms with Crippen LogP contribution in [0.4, 0.5) is 0 Å². The summed E-state index contributed by atoms with van der Waals surface area (Å²) in [5.74, 6) is 0.759. The van der Waals surface area contributed by atoms with Crippen LogP contribution in [0.3, 0.4) is 0 Å². The van der Waals surface area contributed by atoms with Crippen LogP contribution in [0.15, 0.2) is 59.2 Å². The van der Waals surface area contributed by atoms with Crippen LogP contribution < -0.4 is 4.74 Å². The number of carbonyl (C=O) groups is 1. The lowest BCUT2D eigenvalue weighted by Crippen LogP contribution is -1.92. The fourth-order valence-electron chi connectivity index (χ4n) is 2.12. The first-order valence-corrected chi connectivity index (χ1v) is 7.71. The Balaban J connectivity index is 1.92. The van der Waals surface area contributed by atoms with Gasteiger partial charge in [0.15, 0.2) is 0 Å². The summed E-state index contributed by atoms with van der Waals surface area (Å²) in [6.07, 6.45) is 1.79. The number of nitrogens with zero attached hydrogens (tertiary/aromatic N) is 1. The topological polar surface area (TPSA) is 38.7 Å². The molecule has 1 aliphatic heterocycles. The molecule has 0 bridgehead atoms. The quantitative estimate of drug-likeness (QED) is 0.802. The fraction of sp³-hybridized carbons (Fsp3) is 0.111. The van der Waals surface area contributed by atoms with Crippen LogP contribution in [-0.2, 0) is 4.79 Å². The molecule has 22 heavy (non-hydrogen) atoms. The van der Waals surface area contributed by atoms with E-state index in [1.807, 2.05) is 55.5 Å². The van der Waals surface area contributed by atoms with Gasteiger partial charge >= 0.3 is 0 Å². The van der Waals surface area contributed by atoms with Crippen molar-refractivity contribution in [2.24, 2.45) is 4.99 Å². The van der Waals surface area contributed by atoms with Crippen LogP contribution in [0.1, 0.15) is 16.7 Å². The molecule has 2 aromatic carbocycles. The average Bonchev–Trinajstić information content (AvgIpc) is 2.89. The Morgan fingerprint density at radius 3 is 2.64 bits per heavy atom. The van der Waals surface area contributed by atoms with Crippen LogP contribution >= 0.6 is 11.8 Å². The second-order valence-electron chi connectivity index (χ2n) is 4.98. The van der Waals surface area contributed by atoms with E-state index in [0.29, 0.717) is 5.70 Å². The van der Waals surface area contributed by atoms with Crippen molar-refractivity contribution in [3.05, 3.63) is 70.9 Å². The predicted octanol–water partition coefficient (Wildman–Crippen LogP) is 4.06. The van der Waals surface area contributed by atoms with Gasteiger partial charge in [-0.2, -0.15) is 0 Å². The number of aliphatic imine (C=N–C) groups is 1. The lowest BCUT2D eigenvalue weighted by atomic mass is 10.1. The van der Waals surface area contributed by atoms with E-state index in [9.17, 15) is 4.79 Å². The number of aryl methyl sites for hydroxylation is 1. The number of carbonyl (C=O) groups excluding carboxylic acids is 1. The highest BCUT2D eigenvalue weighted by Crippen LogP contribution is 2.29. The molecule has 0 unspecified atom stereocenters. The summed E-state index contributed by atoms with van der Waals surface area (Å²) in [4.78, 5) is 16.6. The first kappa shape index (κ1) is 14.6. The van der Waals surface area contributed by atoms with Gasteiger partial charge in [0.25, 0.3) is 0 Å². The first-order valence-electron chi connectivity index (χ1n) is 6.89. The molecule has 2 aromatic rings. The number of ether oxygens (including phenoxy) is 1. The van der Waals surface area contributed by atoms with Crippen molar-refractivity contribution in [3.63, 3.8) is 0 Å². The second-order valence-corrected chi connectivity index (χ2v) is 5.94. The third-order valence-electron chi connectivity index (χ3n) is 3.32. The zero-order valence-electron chi connectivity index (χ0n) is 12.4. The number of methoxy groups -OCH3 is 1. The zero-order chi connectivity index (χ0) is 15.5. The summed E-state index contributed by atoms with van der Waals surface area (Å²) >= 11 is 1.17. The maximum Gasteiger partial charge on any atom is 0.244 e. The highest BCUT2D eigenvalue weighted by molar-refractivity contribution is 8.27. The van der Waals surface area contributed by atoms with Crippen LogP contribution in [0.25, 0.3) is 6.08 Å². The van der Waals surface area contributed by atoms with Gasteiger partial charge in [-0.25, -0.2) is 4.99 Å². The van der Waals surface area contributed by atoms with Gasteiger partial charge in [-0.05, 0) is 42.5 Å². The van der Waals surface area contributed by atoms with Crippen LogP contribution in [0.5, 0.6) is 5.75 Å². The monoisotopic (exact) mass is 309 g/mol. The molecule has 0 saturated carbocycles. The van der Waals surface area contributed by atoms with Gasteiger partial charge in [-0.1, -0.05) is 42.0 Å². The highest BCUT2D eigenvalue weighted by Gasteiger charge is 2.23. The smallest absolute Gasteiger partial charge is 0.244 e. The Morgan fingerprint density at radius 1 is 1.14 bits per heavy atom. The van der Waals surface area contributed by atoms with E-state index < -0.39 is 0 Å². The van der Waals surface area contributed by atoms with Crippen LogP contribution in [0.2, 0.25) is 0 Å². The van der Waals surface area contributed by atoms with Crippen molar-refractivity contribution in [1.82, 2.24) is 0 Å². The van der Waals surface area contributed by atoms with Crippen molar-refractivity contribution in [2.45, 2.75) is 6.92 Å². The third-order valence-corrected chi connectivity index (χ3v) is 4.23. The highest BCUT2D eigenvalue weighted by atomic mass is 32.2. The van der Waals surface area contributed by atoms with Gasteiger partial charge in [0.2, 0.25) is 5.12 Å². The Labute approximate surface area is 133 Å². The molecule has 4 heteroatoms. The lowest BCUT2D eigenvalue weighted by molar-refractivity contribution is -0.107. The summed E-state index contributed by atoms with van der Waals surface area (Å²) in [5.41, 5.74) is 3.52. The molecule has 0 aromatic heterocycles. The SMILES string of the molecule is COc1cccc(/C=C2\N=C(c3ccc(C)cc3)SC2=O)c1. The Hall–Kier alpha value is -2.33. The predicted molar refractivity (Wildman–Crippen MR) is 91.3 cm³/mol. The molecule has 0 spiro atoms. The second kappa shape index (κ2) is 6.20. The molecule has 1 aliphatic rings. The summed E-state index contributed by atoms with van der Waals surface area (Å²) in [6.45, 7) is 2.03. The first-order chi connectivity index (χ1) is 10.7. The minimum Gasteiger partial charge on any atom is -0.497 e. The molecule has 1 heterocycles. The van der Waals surface area contributed by atoms with E-state index in [0.717, 1.165) is 21.9 Å². The lowest BCUT2D eigenvalue weighted by Gasteiger charge is -2.00. The third kappa shape index (κ3) is 3.12. The van der Waals surface area contributed by atoms with Crippen molar-refractivity contribution in [1.29, 1.82) is 0 Å². The van der Waals surface area contributed by atoms with Gasteiger partial charge in [-0.15, -0.1) is 0 Å². The van der Waals surface area contributed by atoms with Crippen LogP contribution in [-0.4, -0.2) is 17.3 Å². The number of rotatable bonds is 3. The Morgan fingerprint density at radius 2 is 1.91 bits per heavy atom. The van der Waals surface area contributed by atoms with E-state index in [1.54, 1.807) is 13.2 Å². The van der Waals surface area contributed by atoms with Crippen molar-refractivity contribution in [2.75, 3.05) is 7.11 Å². The van der Waals surface area contributed by atoms with Crippen molar-refractivity contribution < 1.29 is 9.53 Å². The minimum absolute atomic E-state index is 0.0293. The molecule has 0 atom stereocenters. The van der Waals surface area contributed by atoms with E-state index in [-0.39, 0.29) is 5.12 Å². The standard InChI is InChI=1S/C18H15NO2S/c1-12-6-8-14(9-7-12)17-19-16(18(20)22-17)11-13-4-3-5-15(10-13)21-2/h3-11H,1-2H3/b16-11-. The van der Waals surface area contributed by atoms with Gasteiger partial charge in [0, 0.05) is 5.56 Å². The maximum absolute atomic E-state index is 12.1. The molecule has 0 saturated heterocycles. The zero-order valence-corrected chi connectivity index (χ0v) is 13.2. The molecule has 110 valence electrons. The average molecular weight is 309 g/mol. The number of hydrogen-bond acceptors (Lipinski definition) is 4. The normalized spacial score (nSPS) is 16.0. The molecule has 0 amide bonds. The van der Waals surface area contributed by atoms with E-state index >= 15 is 0 Å². The molecular weight excluding hydrogens is 294 g/mol. The molecule has 0 aliphatic carbocycles. The largest absolute Gasteiger partial charge is 0.497 e. The number of benzene rings is 2. The van der Waals surface area contributed by atoms with Crippen molar-refractivity contribution >= 4 is 28.0 Å². The molecule has 3 nitrogen and oxygen atoms in total. The summed E-state index contributed by atoms with van der Waals surface area (Å²) in [6, 6.07) is 15.6. The van der Waals surface area contributed by atoms with E-state index in [4.69, 9.17) is 4.74 Å².